The quantitative estimate of drug-likeness (QED) is 0.138. The summed E-state index contributed by atoms with van der Waals surface area (Å²) in [6, 6.07) is 0. The van der Waals surface area contributed by atoms with Crippen molar-refractivity contribution in [1.82, 2.24) is 9.80 Å². The minimum atomic E-state index is -0.0138. The van der Waals surface area contributed by atoms with Gasteiger partial charge in [-0.05, 0) is 64.7 Å². The largest absolute Gasteiger partial charge is 0.465 e. The number of carbonyl (C=O) groups excluding carboxylic acids is 1. The molecule has 0 aliphatic carbocycles. The van der Waals surface area contributed by atoms with E-state index in [4.69, 9.17) is 4.74 Å². The highest BCUT2D eigenvalue weighted by Crippen LogP contribution is 2.18. The summed E-state index contributed by atoms with van der Waals surface area (Å²) in [4.78, 5) is 17.3. The number of esters is 1. The molecule has 0 spiro atoms. The maximum absolute atomic E-state index is 12.5. The normalized spacial score (nSPS) is 17.2. The first-order chi connectivity index (χ1) is 15.7. The minimum Gasteiger partial charge on any atom is -0.465 e. The molecule has 32 heavy (non-hydrogen) atoms. The molecule has 1 rings (SSSR count). The lowest BCUT2D eigenvalue weighted by molar-refractivity contribution is -0.145. The molecule has 1 unspecified atom stereocenters. The first-order valence-electron chi connectivity index (χ1n) is 14.2. The minimum absolute atomic E-state index is 0.0138. The zero-order valence-corrected chi connectivity index (χ0v) is 22.1. The average Bonchev–Trinajstić information content (AvgIpc) is 2.77. The number of hydrogen-bond donors (Lipinski definition) is 0. The topological polar surface area (TPSA) is 32.8 Å². The van der Waals surface area contributed by atoms with E-state index in [0.717, 1.165) is 26.1 Å². The Morgan fingerprint density at radius 2 is 1.38 bits per heavy atom. The molecule has 1 atom stereocenters. The highest BCUT2D eigenvalue weighted by Gasteiger charge is 2.18. The lowest BCUT2D eigenvalue weighted by atomic mass is 9.96. The molecule has 4 nitrogen and oxygen atoms in total. The van der Waals surface area contributed by atoms with E-state index in [9.17, 15) is 4.79 Å². The third-order valence-electron chi connectivity index (χ3n) is 7.02. The number of ether oxygens (including phenoxy) is 1. The molecule has 0 saturated carbocycles. The van der Waals surface area contributed by atoms with Crippen molar-refractivity contribution in [1.29, 1.82) is 0 Å². The first-order valence-corrected chi connectivity index (χ1v) is 14.2. The second kappa shape index (κ2) is 21.0. The molecule has 1 heterocycles. The number of nitrogens with zero attached hydrogens (tertiary/aromatic N) is 2. The van der Waals surface area contributed by atoms with Crippen LogP contribution in [0.25, 0.3) is 0 Å². The second-order valence-corrected chi connectivity index (χ2v) is 10.3. The van der Waals surface area contributed by atoms with Crippen LogP contribution in [0.3, 0.4) is 0 Å². The lowest BCUT2D eigenvalue weighted by Crippen LogP contribution is -2.34. The molecule has 1 fully saturated rings. The summed E-state index contributed by atoms with van der Waals surface area (Å²) >= 11 is 0. The van der Waals surface area contributed by atoms with Gasteiger partial charge in [-0.25, -0.2) is 0 Å². The molecule has 0 aromatic carbocycles. The Bertz CT molecular complexity index is 412. The van der Waals surface area contributed by atoms with Crippen LogP contribution in [0.15, 0.2) is 0 Å². The number of carbonyl (C=O) groups is 1. The SMILES string of the molecule is CCCCCCCCCN(CCCCCCCCC)CC(=O)OCCC1CCCN(C)C1. The van der Waals surface area contributed by atoms with E-state index < -0.39 is 0 Å². The van der Waals surface area contributed by atoms with Gasteiger partial charge in [0.1, 0.15) is 0 Å². The van der Waals surface area contributed by atoms with Gasteiger partial charge in [0.05, 0.1) is 13.2 Å². The Balaban J connectivity index is 2.23. The summed E-state index contributed by atoms with van der Waals surface area (Å²) in [5, 5.41) is 0. The van der Waals surface area contributed by atoms with Gasteiger partial charge in [-0.1, -0.05) is 90.9 Å². The second-order valence-electron chi connectivity index (χ2n) is 10.3. The maximum atomic E-state index is 12.5. The Labute approximate surface area is 200 Å². The number of likely N-dealkylation sites (tertiary alicyclic amines) is 1. The molecule has 1 aliphatic heterocycles. The molecule has 190 valence electrons. The van der Waals surface area contributed by atoms with E-state index in [2.05, 4.69) is 30.7 Å². The molecular weight excluding hydrogens is 396 g/mol. The van der Waals surface area contributed by atoms with E-state index in [1.807, 2.05) is 0 Å². The van der Waals surface area contributed by atoms with Crippen molar-refractivity contribution in [3.05, 3.63) is 0 Å². The van der Waals surface area contributed by atoms with Crippen LogP contribution in [-0.4, -0.2) is 62.1 Å². The zero-order valence-electron chi connectivity index (χ0n) is 22.1. The fourth-order valence-corrected chi connectivity index (χ4v) is 4.93. The molecule has 0 bridgehead atoms. The molecular formula is C28H56N2O2. The van der Waals surface area contributed by atoms with E-state index in [0.29, 0.717) is 19.1 Å². The molecule has 0 amide bonds. The molecule has 1 aliphatic rings. The van der Waals surface area contributed by atoms with Crippen molar-refractivity contribution in [2.24, 2.45) is 5.92 Å². The first kappa shape index (κ1) is 29.4. The highest BCUT2D eigenvalue weighted by atomic mass is 16.5. The van der Waals surface area contributed by atoms with Gasteiger partial charge in [-0.3, -0.25) is 9.69 Å². The van der Waals surface area contributed by atoms with Gasteiger partial charge in [0.25, 0.3) is 0 Å². The summed E-state index contributed by atoms with van der Waals surface area (Å²) in [6.07, 6.45) is 22.1. The number of hydrogen-bond acceptors (Lipinski definition) is 4. The third kappa shape index (κ3) is 16.9. The monoisotopic (exact) mass is 452 g/mol. The summed E-state index contributed by atoms with van der Waals surface area (Å²) in [7, 11) is 2.20. The van der Waals surface area contributed by atoms with Crippen LogP contribution < -0.4 is 0 Å². The van der Waals surface area contributed by atoms with E-state index in [1.54, 1.807) is 0 Å². The van der Waals surface area contributed by atoms with Crippen LogP contribution in [-0.2, 0) is 9.53 Å². The van der Waals surface area contributed by atoms with Gasteiger partial charge in [0, 0.05) is 6.54 Å². The van der Waals surface area contributed by atoms with Gasteiger partial charge in [0.2, 0.25) is 0 Å². The average molecular weight is 453 g/mol. The van der Waals surface area contributed by atoms with E-state index >= 15 is 0 Å². The number of unbranched alkanes of at least 4 members (excludes halogenated alkanes) is 12. The predicted octanol–water partition coefficient (Wildman–Crippen LogP) is 7.06. The van der Waals surface area contributed by atoms with Gasteiger partial charge in [-0.15, -0.1) is 0 Å². The Hall–Kier alpha value is -0.610. The van der Waals surface area contributed by atoms with Crippen molar-refractivity contribution in [2.45, 2.75) is 123 Å². The van der Waals surface area contributed by atoms with Crippen LogP contribution in [0.2, 0.25) is 0 Å². The fourth-order valence-electron chi connectivity index (χ4n) is 4.93. The van der Waals surface area contributed by atoms with Gasteiger partial charge in [0.15, 0.2) is 0 Å². The van der Waals surface area contributed by atoms with E-state index in [-0.39, 0.29) is 5.97 Å². The summed E-state index contributed by atoms with van der Waals surface area (Å²) in [5.74, 6) is 0.679. The van der Waals surface area contributed by atoms with Crippen molar-refractivity contribution in [2.75, 3.05) is 46.4 Å². The molecule has 1 saturated heterocycles. The molecule has 0 N–H and O–H groups in total. The van der Waals surface area contributed by atoms with Crippen molar-refractivity contribution >= 4 is 5.97 Å². The van der Waals surface area contributed by atoms with Crippen molar-refractivity contribution in [3.8, 4) is 0 Å². The Kier molecular flexibility index (Phi) is 19.3. The van der Waals surface area contributed by atoms with Gasteiger partial charge < -0.3 is 9.64 Å². The van der Waals surface area contributed by atoms with Gasteiger partial charge >= 0.3 is 5.97 Å². The summed E-state index contributed by atoms with van der Waals surface area (Å²) < 4.78 is 5.65. The summed E-state index contributed by atoms with van der Waals surface area (Å²) in [6.45, 7) is 10.1. The van der Waals surface area contributed by atoms with Gasteiger partial charge in [-0.2, -0.15) is 0 Å². The molecule has 4 heteroatoms. The standard InChI is InChI=1S/C28H56N2O2/c1-4-6-8-10-12-14-16-22-30(23-17-15-13-11-9-7-5-2)26-28(31)32-24-20-27-19-18-21-29(3)25-27/h27H,4-26H2,1-3H3. The summed E-state index contributed by atoms with van der Waals surface area (Å²) in [5.41, 5.74) is 0. The molecule has 0 aromatic rings. The smallest absolute Gasteiger partial charge is 0.320 e. The number of piperidine rings is 1. The van der Waals surface area contributed by atoms with E-state index in [1.165, 1.54) is 109 Å². The molecule has 0 radical (unpaired) electrons. The van der Waals surface area contributed by atoms with Crippen LogP contribution >= 0.6 is 0 Å². The lowest BCUT2D eigenvalue weighted by Gasteiger charge is -2.29. The zero-order chi connectivity index (χ0) is 23.3. The Morgan fingerprint density at radius 1 is 0.844 bits per heavy atom. The fraction of sp³-hybridized carbons (Fsp3) is 0.964. The molecule has 0 aromatic heterocycles. The Morgan fingerprint density at radius 3 is 1.91 bits per heavy atom. The number of rotatable bonds is 21. The van der Waals surface area contributed by atoms with Crippen molar-refractivity contribution < 1.29 is 9.53 Å². The van der Waals surface area contributed by atoms with Crippen LogP contribution in [0.1, 0.15) is 123 Å². The van der Waals surface area contributed by atoms with Crippen LogP contribution in [0.5, 0.6) is 0 Å². The third-order valence-corrected chi connectivity index (χ3v) is 7.02. The highest BCUT2D eigenvalue weighted by molar-refractivity contribution is 5.71. The van der Waals surface area contributed by atoms with Crippen LogP contribution in [0, 0.1) is 5.92 Å². The van der Waals surface area contributed by atoms with Crippen molar-refractivity contribution in [3.63, 3.8) is 0 Å². The van der Waals surface area contributed by atoms with Crippen LogP contribution in [0.4, 0.5) is 0 Å². The maximum Gasteiger partial charge on any atom is 0.320 e. The predicted molar refractivity (Wildman–Crippen MR) is 138 cm³/mol.